The first-order valence-electron chi connectivity index (χ1n) is 9.36. The van der Waals surface area contributed by atoms with E-state index in [4.69, 9.17) is 5.73 Å². The third-order valence-corrected chi connectivity index (χ3v) is 7.48. The molecule has 2 aliphatic heterocycles. The van der Waals surface area contributed by atoms with E-state index >= 15 is 0 Å². The number of carboxylic acid groups (broad SMARTS) is 1. The second-order valence-electron chi connectivity index (χ2n) is 7.04. The van der Waals surface area contributed by atoms with Crippen LogP contribution < -0.4 is 11.1 Å². The average molecular weight is 461 g/mol. The Morgan fingerprint density at radius 3 is 2.84 bits per heavy atom. The topological polar surface area (TPSA) is 143 Å². The van der Waals surface area contributed by atoms with Crippen molar-refractivity contribution in [1.82, 2.24) is 25.0 Å². The van der Waals surface area contributed by atoms with Crippen LogP contribution in [0.4, 0.5) is 5.69 Å². The van der Waals surface area contributed by atoms with E-state index in [1.807, 2.05) is 0 Å². The SMILES string of the molecule is Cn1ncnc1SCC1=C(C(=O)O)N2C(=O)C(NC(=O)Cc3ccccc3N)[C@@H]2SC1. The summed E-state index contributed by atoms with van der Waals surface area (Å²) in [6.07, 6.45) is 1.48. The highest BCUT2D eigenvalue weighted by atomic mass is 32.2. The first kappa shape index (κ1) is 21.2. The van der Waals surface area contributed by atoms with Crippen LogP contribution in [0.3, 0.4) is 0 Å². The Labute approximate surface area is 186 Å². The van der Waals surface area contributed by atoms with Gasteiger partial charge in [0, 0.05) is 24.2 Å². The molecular formula is C19H20N6O4S2. The molecular weight excluding hydrogens is 440 g/mol. The van der Waals surface area contributed by atoms with Crippen molar-refractivity contribution in [3.63, 3.8) is 0 Å². The molecule has 1 saturated heterocycles. The van der Waals surface area contributed by atoms with Gasteiger partial charge in [0.2, 0.25) is 5.91 Å². The molecule has 31 heavy (non-hydrogen) atoms. The number of fused-ring (bicyclic) bond motifs is 1. The van der Waals surface area contributed by atoms with Gasteiger partial charge in [-0.1, -0.05) is 30.0 Å². The highest BCUT2D eigenvalue weighted by Gasteiger charge is 2.54. The molecule has 4 rings (SSSR count). The smallest absolute Gasteiger partial charge is 0.352 e. The lowest BCUT2D eigenvalue weighted by Crippen LogP contribution is -2.70. The van der Waals surface area contributed by atoms with Gasteiger partial charge in [0.25, 0.3) is 5.91 Å². The number of nitrogens with zero attached hydrogens (tertiary/aromatic N) is 4. The van der Waals surface area contributed by atoms with Crippen LogP contribution in [0.25, 0.3) is 0 Å². The highest BCUT2D eigenvalue weighted by molar-refractivity contribution is 8.01. The molecule has 0 radical (unpaired) electrons. The second kappa shape index (κ2) is 8.63. The van der Waals surface area contributed by atoms with Crippen molar-refractivity contribution >= 4 is 47.0 Å². The molecule has 10 nitrogen and oxygen atoms in total. The number of aryl methyl sites for hydroxylation is 1. The van der Waals surface area contributed by atoms with Crippen LogP contribution in [0, 0.1) is 0 Å². The molecule has 1 aromatic carbocycles. The third kappa shape index (κ3) is 4.12. The van der Waals surface area contributed by atoms with E-state index in [0.717, 1.165) is 0 Å². The number of carboxylic acids is 1. The van der Waals surface area contributed by atoms with Crippen LogP contribution >= 0.6 is 23.5 Å². The Balaban J connectivity index is 1.44. The summed E-state index contributed by atoms with van der Waals surface area (Å²) < 4.78 is 1.60. The Kier molecular flexibility index (Phi) is 5.92. The van der Waals surface area contributed by atoms with Gasteiger partial charge in [0.05, 0.1) is 6.42 Å². The molecule has 2 aliphatic rings. The quantitative estimate of drug-likeness (QED) is 0.305. The minimum atomic E-state index is -1.16. The summed E-state index contributed by atoms with van der Waals surface area (Å²) in [7, 11) is 1.75. The van der Waals surface area contributed by atoms with Crippen LogP contribution in [-0.4, -0.2) is 65.5 Å². The molecule has 1 unspecified atom stereocenters. The minimum Gasteiger partial charge on any atom is -0.477 e. The number of rotatable bonds is 7. The number of aromatic nitrogens is 3. The van der Waals surface area contributed by atoms with Gasteiger partial charge in [-0.2, -0.15) is 5.10 Å². The number of hydrogen-bond donors (Lipinski definition) is 3. The molecule has 1 fully saturated rings. The number of para-hydroxylation sites is 1. The largest absolute Gasteiger partial charge is 0.477 e. The number of thioether (sulfide) groups is 2. The fourth-order valence-electron chi connectivity index (χ4n) is 3.45. The highest BCUT2D eigenvalue weighted by Crippen LogP contribution is 2.41. The lowest BCUT2D eigenvalue weighted by molar-refractivity contribution is -0.150. The zero-order chi connectivity index (χ0) is 22.1. The molecule has 2 amide bonds. The van der Waals surface area contributed by atoms with Crippen LogP contribution in [0.2, 0.25) is 0 Å². The van der Waals surface area contributed by atoms with Gasteiger partial charge in [0.1, 0.15) is 23.4 Å². The van der Waals surface area contributed by atoms with Gasteiger partial charge < -0.3 is 16.2 Å². The average Bonchev–Trinajstić information content (AvgIpc) is 3.16. The van der Waals surface area contributed by atoms with E-state index < -0.39 is 23.3 Å². The summed E-state index contributed by atoms with van der Waals surface area (Å²) in [5, 5.41) is 16.7. The number of aliphatic carboxylic acids is 1. The predicted octanol–water partition coefficient (Wildman–Crippen LogP) is 0.471. The van der Waals surface area contributed by atoms with Gasteiger partial charge in [-0.05, 0) is 17.2 Å². The maximum Gasteiger partial charge on any atom is 0.352 e. The normalized spacial score (nSPS) is 20.3. The number of nitrogens with one attached hydrogen (secondary N) is 1. The van der Waals surface area contributed by atoms with Crippen molar-refractivity contribution in [3.8, 4) is 0 Å². The predicted molar refractivity (Wildman–Crippen MR) is 116 cm³/mol. The van der Waals surface area contributed by atoms with E-state index in [9.17, 15) is 19.5 Å². The maximum absolute atomic E-state index is 12.7. The molecule has 0 saturated carbocycles. The molecule has 0 spiro atoms. The lowest BCUT2D eigenvalue weighted by Gasteiger charge is -2.49. The molecule has 1 aromatic heterocycles. The maximum atomic E-state index is 12.7. The van der Waals surface area contributed by atoms with E-state index in [-0.39, 0.29) is 18.0 Å². The molecule has 162 valence electrons. The summed E-state index contributed by atoms with van der Waals surface area (Å²) in [4.78, 5) is 42.5. The number of β-lactam (4-membered cyclic amide) rings is 1. The fourth-order valence-corrected chi connectivity index (χ4v) is 5.83. The monoisotopic (exact) mass is 460 g/mol. The summed E-state index contributed by atoms with van der Waals surface area (Å²) in [5.74, 6) is -1.10. The van der Waals surface area contributed by atoms with Crippen molar-refractivity contribution < 1.29 is 19.5 Å². The molecule has 4 N–H and O–H groups in total. The van der Waals surface area contributed by atoms with Gasteiger partial charge in [-0.15, -0.1) is 11.8 Å². The number of anilines is 1. The molecule has 12 heteroatoms. The molecule has 2 atom stereocenters. The zero-order valence-corrected chi connectivity index (χ0v) is 18.2. The second-order valence-corrected chi connectivity index (χ2v) is 9.09. The third-order valence-electron chi connectivity index (χ3n) is 5.02. The summed E-state index contributed by atoms with van der Waals surface area (Å²) in [5.41, 5.74) is 7.68. The van der Waals surface area contributed by atoms with Crippen molar-refractivity contribution in [1.29, 1.82) is 0 Å². The van der Waals surface area contributed by atoms with E-state index in [0.29, 0.717) is 33.5 Å². The molecule has 3 heterocycles. The van der Waals surface area contributed by atoms with Crippen molar-refractivity contribution in [2.45, 2.75) is 23.0 Å². The summed E-state index contributed by atoms with van der Waals surface area (Å²) in [6.45, 7) is 0. The van der Waals surface area contributed by atoms with Crippen molar-refractivity contribution in [2.75, 3.05) is 17.2 Å². The Morgan fingerprint density at radius 1 is 1.39 bits per heavy atom. The van der Waals surface area contributed by atoms with Gasteiger partial charge in [-0.25, -0.2) is 14.5 Å². The number of nitrogens with two attached hydrogens (primary N) is 1. The first-order chi connectivity index (χ1) is 14.9. The number of hydrogen-bond acceptors (Lipinski definition) is 8. The van der Waals surface area contributed by atoms with E-state index in [1.165, 1.54) is 34.8 Å². The standard InChI is InChI=1S/C19H20N6O4S2/c1-24-19(21-9-22-24)31-8-11-7-30-17-14(16(27)25(17)15(11)18(28)29)23-13(26)6-10-4-2-3-5-12(10)20/h2-5,9,14,17H,6-8,20H2,1H3,(H,23,26)(H,28,29)/t14?,17-/m0/s1. The number of carbonyl (C=O) groups excluding carboxylic acids is 2. The Morgan fingerprint density at radius 2 is 2.16 bits per heavy atom. The Hall–Kier alpha value is -2.99. The van der Waals surface area contributed by atoms with Crippen LogP contribution in [0.15, 0.2) is 47.0 Å². The molecule has 2 aromatic rings. The zero-order valence-electron chi connectivity index (χ0n) is 16.5. The van der Waals surface area contributed by atoms with Crippen LogP contribution in [0.1, 0.15) is 5.56 Å². The fraction of sp³-hybridized carbons (Fsp3) is 0.316. The number of carbonyl (C=O) groups is 3. The van der Waals surface area contributed by atoms with Crippen molar-refractivity contribution in [3.05, 3.63) is 47.4 Å². The van der Waals surface area contributed by atoms with Crippen LogP contribution in [0.5, 0.6) is 0 Å². The summed E-state index contributed by atoms with van der Waals surface area (Å²) in [6, 6.07) is 6.27. The van der Waals surface area contributed by atoms with Gasteiger partial charge >= 0.3 is 5.97 Å². The van der Waals surface area contributed by atoms with Crippen molar-refractivity contribution in [2.24, 2.45) is 7.05 Å². The van der Waals surface area contributed by atoms with E-state index in [2.05, 4.69) is 15.4 Å². The van der Waals surface area contributed by atoms with E-state index in [1.54, 1.807) is 36.0 Å². The number of nitrogen functional groups attached to an aromatic ring is 1. The van der Waals surface area contributed by atoms with Gasteiger partial charge in [-0.3, -0.25) is 14.5 Å². The summed E-state index contributed by atoms with van der Waals surface area (Å²) >= 11 is 2.79. The van der Waals surface area contributed by atoms with Crippen LogP contribution in [-0.2, 0) is 27.9 Å². The minimum absolute atomic E-state index is 0.0128. The first-order valence-corrected chi connectivity index (χ1v) is 11.4. The lowest BCUT2D eigenvalue weighted by atomic mass is 10.0. The number of benzene rings is 1. The molecule has 0 bridgehead atoms. The Bertz CT molecular complexity index is 1080. The number of amides is 2. The molecule has 0 aliphatic carbocycles. The van der Waals surface area contributed by atoms with Gasteiger partial charge in [0.15, 0.2) is 5.16 Å².